The fourth-order valence-electron chi connectivity index (χ4n) is 1.19. The molecule has 2 aromatic rings. The van der Waals surface area contributed by atoms with Crippen molar-refractivity contribution >= 4 is 0 Å². The lowest BCUT2D eigenvalue weighted by Gasteiger charge is -2.01. The van der Waals surface area contributed by atoms with E-state index in [9.17, 15) is 0 Å². The second kappa shape index (κ2) is 3.91. The summed E-state index contributed by atoms with van der Waals surface area (Å²) in [4.78, 5) is 4.15. The highest BCUT2D eigenvalue weighted by atomic mass is 16.5. The van der Waals surface area contributed by atoms with Crippen LogP contribution in [0.2, 0.25) is 0 Å². The zero-order chi connectivity index (χ0) is 9.80. The summed E-state index contributed by atoms with van der Waals surface area (Å²) in [5.74, 6) is 0.645. The Bertz CT molecular complexity index is 380. The predicted octanol–water partition coefficient (Wildman–Crippen LogP) is 1.87. The summed E-state index contributed by atoms with van der Waals surface area (Å²) >= 11 is 0. The normalized spacial score (nSPS) is 10.1. The van der Waals surface area contributed by atoms with Crippen LogP contribution >= 0.6 is 0 Å². The van der Waals surface area contributed by atoms with Crippen molar-refractivity contribution in [3.63, 3.8) is 0 Å². The van der Waals surface area contributed by atoms with E-state index in [0.29, 0.717) is 12.5 Å². The Kier molecular flexibility index (Phi) is 2.44. The number of aromatic amines is 1. The van der Waals surface area contributed by atoms with E-state index in [-0.39, 0.29) is 0 Å². The lowest BCUT2D eigenvalue weighted by molar-refractivity contribution is 0.327. The Balaban J connectivity index is 2.22. The number of H-pyrrole nitrogens is 1. The summed E-state index contributed by atoms with van der Waals surface area (Å²) in [6.07, 6.45) is 3.53. The smallest absolute Gasteiger partial charge is 0.213 e. The minimum absolute atomic E-state index is 0.634. The second-order valence-corrected chi connectivity index (χ2v) is 2.78. The van der Waals surface area contributed by atoms with Gasteiger partial charge in [-0.1, -0.05) is 0 Å². The zero-order valence-corrected chi connectivity index (χ0v) is 7.90. The quantitative estimate of drug-likeness (QED) is 0.801. The van der Waals surface area contributed by atoms with E-state index in [4.69, 9.17) is 4.74 Å². The highest BCUT2D eigenvalue weighted by Gasteiger charge is 2.00. The molecule has 0 saturated heterocycles. The Morgan fingerprint density at radius 3 is 2.86 bits per heavy atom. The van der Waals surface area contributed by atoms with Crippen LogP contribution in [0.3, 0.4) is 0 Å². The van der Waals surface area contributed by atoms with Gasteiger partial charge < -0.3 is 4.74 Å². The lowest BCUT2D eigenvalue weighted by atomic mass is 10.2. The Morgan fingerprint density at radius 1 is 1.36 bits per heavy atom. The van der Waals surface area contributed by atoms with E-state index in [1.807, 2.05) is 25.1 Å². The molecule has 14 heavy (non-hydrogen) atoms. The molecule has 0 bridgehead atoms. The molecule has 0 atom stereocenters. The number of nitrogens with one attached hydrogen (secondary N) is 1. The molecule has 0 spiro atoms. The van der Waals surface area contributed by atoms with E-state index in [0.717, 1.165) is 11.3 Å². The van der Waals surface area contributed by atoms with Crippen molar-refractivity contribution in [3.05, 3.63) is 30.6 Å². The van der Waals surface area contributed by atoms with E-state index < -0.39 is 0 Å². The predicted molar refractivity (Wildman–Crippen MR) is 53.0 cm³/mol. The number of hydrogen-bond donors (Lipinski definition) is 1. The van der Waals surface area contributed by atoms with Crippen molar-refractivity contribution < 1.29 is 4.74 Å². The summed E-state index contributed by atoms with van der Waals surface area (Å²) < 4.78 is 5.24. The number of rotatable bonds is 3. The highest BCUT2D eigenvalue weighted by Crippen LogP contribution is 2.17. The lowest BCUT2D eigenvalue weighted by Crippen LogP contribution is -1.93. The maximum atomic E-state index is 5.24. The van der Waals surface area contributed by atoms with Crippen LogP contribution in [-0.2, 0) is 0 Å². The molecular formula is C10H11N3O. The molecule has 0 saturated carbocycles. The summed E-state index contributed by atoms with van der Waals surface area (Å²) in [5, 5.41) is 6.82. The van der Waals surface area contributed by atoms with Gasteiger partial charge in [0.15, 0.2) is 0 Å². The maximum absolute atomic E-state index is 5.24. The van der Waals surface area contributed by atoms with Gasteiger partial charge in [-0.3, -0.25) is 5.10 Å². The number of hydrogen-bond acceptors (Lipinski definition) is 3. The molecule has 0 aliphatic carbocycles. The van der Waals surface area contributed by atoms with E-state index in [1.165, 1.54) is 0 Å². The number of aromatic nitrogens is 3. The molecule has 0 aliphatic rings. The van der Waals surface area contributed by atoms with Crippen molar-refractivity contribution in [1.29, 1.82) is 0 Å². The van der Waals surface area contributed by atoms with Gasteiger partial charge in [0.25, 0.3) is 0 Å². The van der Waals surface area contributed by atoms with Gasteiger partial charge in [-0.15, -0.1) is 0 Å². The largest absolute Gasteiger partial charge is 0.478 e. The van der Waals surface area contributed by atoms with Crippen molar-refractivity contribution in [2.75, 3.05) is 6.61 Å². The van der Waals surface area contributed by atoms with Crippen molar-refractivity contribution in [1.82, 2.24) is 15.2 Å². The van der Waals surface area contributed by atoms with E-state index in [1.54, 1.807) is 12.4 Å². The molecule has 72 valence electrons. The third-order valence-electron chi connectivity index (χ3n) is 1.83. The summed E-state index contributed by atoms with van der Waals surface area (Å²) in [6, 6.07) is 5.68. The molecule has 2 aromatic heterocycles. The first-order chi connectivity index (χ1) is 6.90. The highest BCUT2D eigenvalue weighted by molar-refractivity contribution is 5.57. The monoisotopic (exact) mass is 189 g/mol. The molecule has 0 radical (unpaired) electrons. The van der Waals surface area contributed by atoms with Crippen molar-refractivity contribution in [2.45, 2.75) is 6.92 Å². The first kappa shape index (κ1) is 8.74. The molecule has 0 unspecified atom stereocenters. The molecular weight excluding hydrogens is 178 g/mol. The van der Waals surface area contributed by atoms with Gasteiger partial charge in [0.2, 0.25) is 5.88 Å². The van der Waals surface area contributed by atoms with Crippen LogP contribution in [0.25, 0.3) is 11.3 Å². The molecule has 2 rings (SSSR count). The third kappa shape index (κ3) is 1.74. The van der Waals surface area contributed by atoms with Crippen LogP contribution in [0, 0.1) is 0 Å². The number of pyridine rings is 1. The van der Waals surface area contributed by atoms with Gasteiger partial charge >= 0.3 is 0 Å². The molecule has 1 N–H and O–H groups in total. The van der Waals surface area contributed by atoms with Crippen LogP contribution in [0.1, 0.15) is 6.92 Å². The second-order valence-electron chi connectivity index (χ2n) is 2.78. The fourth-order valence-corrected chi connectivity index (χ4v) is 1.19. The maximum Gasteiger partial charge on any atom is 0.213 e. The molecule has 4 nitrogen and oxygen atoms in total. The van der Waals surface area contributed by atoms with Crippen LogP contribution in [-0.4, -0.2) is 21.8 Å². The minimum Gasteiger partial charge on any atom is -0.478 e. The molecule has 4 heteroatoms. The van der Waals surface area contributed by atoms with E-state index >= 15 is 0 Å². The van der Waals surface area contributed by atoms with Gasteiger partial charge in [0.05, 0.1) is 12.3 Å². The average Bonchev–Trinajstić information content (AvgIpc) is 2.72. The molecule has 0 aromatic carbocycles. The first-order valence-corrected chi connectivity index (χ1v) is 4.49. The van der Waals surface area contributed by atoms with Gasteiger partial charge in [-0.25, -0.2) is 4.98 Å². The SMILES string of the molecule is CCOc1ccc(-c2cc[nH]n2)cn1. The summed E-state index contributed by atoms with van der Waals surface area (Å²) in [7, 11) is 0. The number of nitrogens with zero attached hydrogens (tertiary/aromatic N) is 2. The van der Waals surface area contributed by atoms with Crippen LogP contribution in [0.4, 0.5) is 0 Å². The molecule has 2 heterocycles. The molecule has 0 amide bonds. The Morgan fingerprint density at radius 2 is 2.29 bits per heavy atom. The standard InChI is InChI=1S/C10H11N3O/c1-2-14-10-4-3-8(7-11-10)9-5-6-12-13-9/h3-7H,2H2,1H3,(H,12,13). The van der Waals surface area contributed by atoms with Gasteiger partial charge in [-0.05, 0) is 19.1 Å². The molecule has 0 fully saturated rings. The Hall–Kier alpha value is -1.84. The van der Waals surface area contributed by atoms with Crippen molar-refractivity contribution in [3.8, 4) is 17.1 Å². The Labute approximate surface area is 81.9 Å². The third-order valence-corrected chi connectivity index (χ3v) is 1.83. The van der Waals surface area contributed by atoms with Crippen LogP contribution < -0.4 is 4.74 Å². The van der Waals surface area contributed by atoms with Crippen LogP contribution in [0.5, 0.6) is 5.88 Å². The fraction of sp³-hybridized carbons (Fsp3) is 0.200. The topological polar surface area (TPSA) is 50.8 Å². The van der Waals surface area contributed by atoms with E-state index in [2.05, 4.69) is 15.2 Å². The van der Waals surface area contributed by atoms with Gasteiger partial charge in [0, 0.05) is 24.0 Å². The minimum atomic E-state index is 0.634. The van der Waals surface area contributed by atoms with Gasteiger partial charge in [0.1, 0.15) is 0 Å². The summed E-state index contributed by atoms with van der Waals surface area (Å²) in [5.41, 5.74) is 1.87. The zero-order valence-electron chi connectivity index (χ0n) is 7.90. The average molecular weight is 189 g/mol. The number of ether oxygens (including phenoxy) is 1. The van der Waals surface area contributed by atoms with Crippen molar-refractivity contribution in [2.24, 2.45) is 0 Å². The van der Waals surface area contributed by atoms with Crippen LogP contribution in [0.15, 0.2) is 30.6 Å². The first-order valence-electron chi connectivity index (χ1n) is 4.49. The summed E-state index contributed by atoms with van der Waals surface area (Å²) in [6.45, 7) is 2.57. The molecule has 0 aliphatic heterocycles. The van der Waals surface area contributed by atoms with Gasteiger partial charge in [-0.2, -0.15) is 5.10 Å².